The van der Waals surface area contributed by atoms with Gasteiger partial charge in [-0.1, -0.05) is 58.8 Å². The normalized spacial score (nSPS) is 52.8. The zero-order chi connectivity index (χ0) is 15.7. The summed E-state index contributed by atoms with van der Waals surface area (Å²) in [5.74, 6) is 2.65. The molecule has 120 valence electrons. The summed E-state index contributed by atoms with van der Waals surface area (Å²) in [4.78, 5) is 0. The summed E-state index contributed by atoms with van der Waals surface area (Å²) in [5.41, 5.74) is 7.50. The monoisotopic (exact) mass is 296 g/mol. The fourth-order valence-corrected chi connectivity index (χ4v) is 7.70. The van der Waals surface area contributed by atoms with E-state index in [9.17, 15) is 0 Å². The molecule has 6 aliphatic rings. The molecule has 0 nitrogen and oxygen atoms in total. The van der Waals surface area contributed by atoms with Crippen molar-refractivity contribution in [1.82, 2.24) is 0 Å². The van der Waals surface area contributed by atoms with Crippen LogP contribution in [0, 0.1) is 39.4 Å². The van der Waals surface area contributed by atoms with Crippen LogP contribution in [0.3, 0.4) is 0 Å². The lowest BCUT2D eigenvalue weighted by Gasteiger charge is -2.61. The van der Waals surface area contributed by atoms with Gasteiger partial charge in [0.1, 0.15) is 0 Å². The van der Waals surface area contributed by atoms with Crippen LogP contribution in [0.4, 0.5) is 0 Å². The van der Waals surface area contributed by atoms with Gasteiger partial charge >= 0.3 is 0 Å². The van der Waals surface area contributed by atoms with Crippen LogP contribution in [0.15, 0.2) is 22.8 Å². The van der Waals surface area contributed by atoms with Crippen molar-refractivity contribution >= 4 is 0 Å². The molecule has 5 unspecified atom stereocenters. The Hall–Kier alpha value is -0.520. The molecule has 0 aromatic carbocycles. The van der Waals surface area contributed by atoms with E-state index in [0.717, 1.165) is 17.8 Å². The van der Waals surface area contributed by atoms with Gasteiger partial charge < -0.3 is 0 Å². The van der Waals surface area contributed by atoms with Gasteiger partial charge in [-0.25, -0.2) is 0 Å². The summed E-state index contributed by atoms with van der Waals surface area (Å²) in [6, 6.07) is 0. The lowest BCUT2D eigenvalue weighted by Crippen LogP contribution is -2.52. The molecule has 4 fully saturated rings. The van der Waals surface area contributed by atoms with E-state index in [1.54, 1.807) is 0 Å². The average molecular weight is 296 g/mol. The summed E-state index contributed by atoms with van der Waals surface area (Å²) < 4.78 is 0. The number of fused-ring (bicyclic) bond motifs is 6. The molecule has 0 amide bonds. The summed E-state index contributed by atoms with van der Waals surface area (Å²) in [7, 11) is 0. The second-order valence-electron chi connectivity index (χ2n) is 10.8. The van der Waals surface area contributed by atoms with Crippen molar-refractivity contribution in [2.45, 2.75) is 73.6 Å². The minimum absolute atomic E-state index is 0.455. The van der Waals surface area contributed by atoms with Crippen LogP contribution in [0.25, 0.3) is 0 Å². The van der Waals surface area contributed by atoms with Crippen LogP contribution in [0.1, 0.15) is 73.6 Å². The highest BCUT2D eigenvalue weighted by Crippen LogP contribution is 2.77. The number of allylic oxidation sites excluding steroid dienone is 4. The Morgan fingerprint density at radius 2 is 1.59 bits per heavy atom. The van der Waals surface area contributed by atoms with Gasteiger partial charge in [-0.2, -0.15) is 0 Å². The minimum Gasteiger partial charge on any atom is -0.0591 e. The quantitative estimate of drug-likeness (QED) is 0.503. The van der Waals surface area contributed by atoms with Gasteiger partial charge in [0, 0.05) is 5.92 Å². The molecule has 0 heteroatoms. The summed E-state index contributed by atoms with van der Waals surface area (Å²) in [5, 5.41) is 0. The van der Waals surface area contributed by atoms with Gasteiger partial charge in [-0.3, -0.25) is 0 Å². The Morgan fingerprint density at radius 3 is 2.27 bits per heavy atom. The third-order valence-electron chi connectivity index (χ3n) is 9.87. The molecule has 6 aliphatic carbocycles. The molecule has 0 heterocycles. The standard InChI is InChI=1S/C22H32/c1-19(2)12-13-7-9-21(19,5)15-11-16-18(17(13)15)14-8-10-22(16,6)20(14,3)4/h11,13-14,17H,7-10,12H2,1-6H3. The highest BCUT2D eigenvalue weighted by molar-refractivity contribution is 5.57. The first kappa shape index (κ1) is 13.9. The van der Waals surface area contributed by atoms with Gasteiger partial charge in [-0.15, -0.1) is 0 Å². The predicted octanol–water partition coefficient (Wildman–Crippen LogP) is 6.14. The van der Waals surface area contributed by atoms with Gasteiger partial charge in [-0.05, 0) is 71.2 Å². The Balaban J connectivity index is 1.71. The second-order valence-corrected chi connectivity index (χ2v) is 10.8. The molecule has 0 spiro atoms. The topological polar surface area (TPSA) is 0 Å². The number of hydrogen-bond donors (Lipinski definition) is 0. The van der Waals surface area contributed by atoms with Crippen molar-refractivity contribution in [2.75, 3.05) is 0 Å². The molecule has 0 saturated heterocycles. The molecular weight excluding hydrogens is 264 g/mol. The van der Waals surface area contributed by atoms with Crippen molar-refractivity contribution in [1.29, 1.82) is 0 Å². The molecule has 0 N–H and O–H groups in total. The molecule has 0 radical (unpaired) electrons. The van der Waals surface area contributed by atoms with Crippen LogP contribution in [0.5, 0.6) is 0 Å². The summed E-state index contributed by atoms with van der Waals surface area (Å²) >= 11 is 0. The number of hydrogen-bond acceptors (Lipinski definition) is 0. The zero-order valence-electron chi connectivity index (χ0n) is 15.3. The highest BCUT2D eigenvalue weighted by Gasteiger charge is 2.67. The fraction of sp³-hybridized carbons (Fsp3) is 0.818. The molecule has 0 aromatic heterocycles. The molecule has 22 heavy (non-hydrogen) atoms. The zero-order valence-corrected chi connectivity index (χ0v) is 15.3. The first-order valence-corrected chi connectivity index (χ1v) is 9.60. The molecule has 4 saturated carbocycles. The van der Waals surface area contributed by atoms with Crippen molar-refractivity contribution in [3.05, 3.63) is 22.8 Å². The maximum absolute atomic E-state index is 2.74. The molecular formula is C22H32. The highest BCUT2D eigenvalue weighted by atomic mass is 14.7. The lowest BCUT2D eigenvalue weighted by atomic mass is 9.44. The van der Waals surface area contributed by atoms with Crippen molar-refractivity contribution in [3.8, 4) is 0 Å². The van der Waals surface area contributed by atoms with Crippen LogP contribution in [-0.2, 0) is 0 Å². The Kier molecular flexibility index (Phi) is 2.17. The second kappa shape index (κ2) is 3.45. The smallest absolute Gasteiger partial charge is 0.00534 e. The van der Waals surface area contributed by atoms with E-state index in [2.05, 4.69) is 47.6 Å². The molecule has 5 atom stereocenters. The molecule has 6 rings (SSSR count). The predicted molar refractivity (Wildman–Crippen MR) is 92.4 cm³/mol. The van der Waals surface area contributed by atoms with Gasteiger partial charge in [0.15, 0.2) is 0 Å². The van der Waals surface area contributed by atoms with Crippen LogP contribution in [-0.4, -0.2) is 0 Å². The van der Waals surface area contributed by atoms with Crippen LogP contribution in [0.2, 0.25) is 0 Å². The van der Waals surface area contributed by atoms with Crippen molar-refractivity contribution < 1.29 is 0 Å². The molecule has 4 bridgehead atoms. The van der Waals surface area contributed by atoms with E-state index < -0.39 is 0 Å². The Labute approximate surface area is 136 Å². The van der Waals surface area contributed by atoms with E-state index in [-0.39, 0.29) is 0 Å². The van der Waals surface area contributed by atoms with Crippen LogP contribution < -0.4 is 0 Å². The largest absolute Gasteiger partial charge is 0.0591 e. The minimum atomic E-state index is 0.455. The maximum Gasteiger partial charge on any atom is 0.00534 e. The molecule has 0 aromatic rings. The van der Waals surface area contributed by atoms with E-state index in [1.165, 1.54) is 32.1 Å². The summed E-state index contributed by atoms with van der Waals surface area (Å²) in [6.07, 6.45) is 9.97. The third kappa shape index (κ3) is 1.14. The maximum atomic E-state index is 2.74. The van der Waals surface area contributed by atoms with E-state index in [1.807, 2.05) is 16.7 Å². The van der Waals surface area contributed by atoms with Gasteiger partial charge in [0.25, 0.3) is 0 Å². The van der Waals surface area contributed by atoms with E-state index in [0.29, 0.717) is 21.7 Å². The molecule has 0 aliphatic heterocycles. The third-order valence-corrected chi connectivity index (χ3v) is 9.87. The Morgan fingerprint density at radius 1 is 0.909 bits per heavy atom. The van der Waals surface area contributed by atoms with Gasteiger partial charge in [0.2, 0.25) is 0 Å². The van der Waals surface area contributed by atoms with Gasteiger partial charge in [0.05, 0.1) is 0 Å². The first-order valence-electron chi connectivity index (χ1n) is 9.60. The Bertz CT molecular complexity index is 643. The first-order chi connectivity index (χ1) is 10.1. The SMILES string of the molecule is CC1(C)CC2CCC1(C)C1=CC3=C(C12)C1CCC3(C)C1(C)C. The van der Waals surface area contributed by atoms with Crippen molar-refractivity contribution in [3.63, 3.8) is 0 Å². The van der Waals surface area contributed by atoms with E-state index >= 15 is 0 Å². The average Bonchev–Trinajstić information content (AvgIpc) is 2.97. The number of rotatable bonds is 0. The van der Waals surface area contributed by atoms with E-state index in [4.69, 9.17) is 0 Å². The lowest BCUT2D eigenvalue weighted by molar-refractivity contribution is -0.0263. The van der Waals surface area contributed by atoms with Crippen molar-refractivity contribution in [2.24, 2.45) is 39.4 Å². The fourth-order valence-electron chi connectivity index (χ4n) is 7.70. The van der Waals surface area contributed by atoms with Crippen LogP contribution >= 0.6 is 0 Å². The summed E-state index contributed by atoms with van der Waals surface area (Å²) in [6.45, 7) is 15.4.